The maximum Gasteiger partial charge on any atom is 0.338 e. The summed E-state index contributed by atoms with van der Waals surface area (Å²) >= 11 is 0. The number of sulfone groups is 2. The van der Waals surface area contributed by atoms with E-state index in [0.717, 1.165) is 12.5 Å². The fraction of sp³-hybridized carbons (Fsp3) is 0.130. The highest BCUT2D eigenvalue weighted by molar-refractivity contribution is 7.91. The van der Waals surface area contributed by atoms with Crippen molar-refractivity contribution in [1.29, 1.82) is 0 Å². The number of ether oxygens (including phenoxy) is 1. The fourth-order valence-electron chi connectivity index (χ4n) is 2.87. The van der Waals surface area contributed by atoms with Crippen LogP contribution in [0.5, 0.6) is 0 Å². The first-order valence-electron chi connectivity index (χ1n) is 9.61. The first-order chi connectivity index (χ1) is 15.4. The molecule has 0 atom stereocenters. The number of esters is 1. The number of anilines is 1. The number of carbonyl (C=O) groups is 2. The molecule has 1 amide bonds. The topological polar surface area (TPSA) is 124 Å². The molecule has 172 valence electrons. The van der Waals surface area contributed by atoms with Gasteiger partial charge in [0.25, 0.3) is 5.91 Å². The molecule has 0 fully saturated rings. The third-order valence-corrected chi connectivity index (χ3v) is 6.87. The van der Waals surface area contributed by atoms with Crippen LogP contribution in [0.2, 0.25) is 0 Å². The molecule has 0 radical (unpaired) electrons. The van der Waals surface area contributed by atoms with Crippen LogP contribution in [0.3, 0.4) is 0 Å². The number of hydrogen-bond acceptors (Lipinski definition) is 7. The molecule has 3 rings (SSSR count). The van der Waals surface area contributed by atoms with Crippen LogP contribution in [0.15, 0.2) is 82.6 Å². The van der Waals surface area contributed by atoms with Crippen LogP contribution in [-0.4, -0.2) is 41.2 Å². The van der Waals surface area contributed by atoms with Crippen molar-refractivity contribution in [2.45, 2.75) is 16.4 Å². The van der Waals surface area contributed by atoms with Gasteiger partial charge in [-0.2, -0.15) is 0 Å². The Morgan fingerprint density at radius 2 is 1.27 bits per heavy atom. The maximum absolute atomic E-state index is 12.4. The molecular formula is C23H21NO7S2. The lowest BCUT2D eigenvalue weighted by atomic mass is 10.2. The second-order valence-electron chi connectivity index (χ2n) is 7.32. The van der Waals surface area contributed by atoms with Gasteiger partial charge in [-0.05, 0) is 66.2 Å². The molecule has 1 N–H and O–H groups in total. The molecule has 0 aromatic heterocycles. The van der Waals surface area contributed by atoms with Crippen LogP contribution >= 0.6 is 0 Å². The zero-order valence-electron chi connectivity index (χ0n) is 17.8. The van der Waals surface area contributed by atoms with E-state index in [4.69, 9.17) is 4.74 Å². The first kappa shape index (κ1) is 24.1. The summed E-state index contributed by atoms with van der Waals surface area (Å²) in [7, 11) is -6.71. The van der Waals surface area contributed by atoms with Crippen molar-refractivity contribution >= 4 is 37.2 Å². The minimum absolute atomic E-state index is 0.0561. The minimum Gasteiger partial charge on any atom is -0.457 e. The van der Waals surface area contributed by atoms with Gasteiger partial charge in [-0.25, -0.2) is 21.6 Å². The van der Waals surface area contributed by atoms with Crippen molar-refractivity contribution in [2.24, 2.45) is 0 Å². The lowest BCUT2D eigenvalue weighted by Gasteiger charge is -2.09. The van der Waals surface area contributed by atoms with Gasteiger partial charge in [-0.15, -0.1) is 0 Å². The molecule has 3 aromatic rings. The predicted molar refractivity (Wildman–Crippen MR) is 123 cm³/mol. The van der Waals surface area contributed by atoms with Crippen molar-refractivity contribution in [1.82, 2.24) is 0 Å². The largest absolute Gasteiger partial charge is 0.457 e. The highest BCUT2D eigenvalue weighted by Gasteiger charge is 2.13. The average molecular weight is 488 g/mol. The summed E-state index contributed by atoms with van der Waals surface area (Å²) in [6.45, 7) is -0.0561. The Balaban J connectivity index is 1.62. The van der Waals surface area contributed by atoms with E-state index < -0.39 is 31.6 Å². The summed E-state index contributed by atoms with van der Waals surface area (Å²) in [5, 5.41) is 2.71. The smallest absolute Gasteiger partial charge is 0.338 e. The van der Waals surface area contributed by atoms with Gasteiger partial charge in [-0.1, -0.05) is 12.1 Å². The van der Waals surface area contributed by atoms with Gasteiger partial charge in [0, 0.05) is 23.8 Å². The molecule has 0 saturated heterocycles. The monoisotopic (exact) mass is 487 g/mol. The molecule has 10 heteroatoms. The maximum atomic E-state index is 12.4. The molecule has 0 unspecified atom stereocenters. The molecule has 0 saturated carbocycles. The van der Waals surface area contributed by atoms with Crippen molar-refractivity contribution in [3.05, 3.63) is 89.5 Å². The Bertz CT molecular complexity index is 1390. The highest BCUT2D eigenvalue weighted by Crippen LogP contribution is 2.16. The summed E-state index contributed by atoms with van der Waals surface area (Å²) in [5.74, 6) is -1.04. The van der Waals surface area contributed by atoms with Gasteiger partial charge in [0.2, 0.25) is 0 Å². The second kappa shape index (κ2) is 9.55. The lowest BCUT2D eigenvalue weighted by molar-refractivity contribution is 0.0472. The molecule has 0 aliphatic heterocycles. The van der Waals surface area contributed by atoms with Crippen LogP contribution in [-0.2, 0) is 31.0 Å². The van der Waals surface area contributed by atoms with Crippen LogP contribution in [0, 0.1) is 0 Å². The van der Waals surface area contributed by atoms with Gasteiger partial charge < -0.3 is 10.1 Å². The standard InChI is InChI=1S/C23H21NO7S2/c1-32(27,28)20-10-6-17(7-11-20)22(25)24-19-5-3-4-16(14-19)15-31-23(26)18-8-12-21(13-9-18)33(2,29)30/h3-14H,15H2,1-2H3,(H,24,25). The number of hydrogen-bond donors (Lipinski definition) is 1. The number of amides is 1. The molecule has 0 bridgehead atoms. The number of rotatable bonds is 7. The fourth-order valence-corrected chi connectivity index (χ4v) is 4.13. The molecular weight excluding hydrogens is 466 g/mol. The Morgan fingerprint density at radius 1 is 0.758 bits per heavy atom. The summed E-state index contributed by atoms with van der Waals surface area (Å²) in [4.78, 5) is 24.9. The Morgan fingerprint density at radius 3 is 1.79 bits per heavy atom. The highest BCUT2D eigenvalue weighted by atomic mass is 32.2. The predicted octanol–water partition coefficient (Wildman–Crippen LogP) is 3.10. The van der Waals surface area contributed by atoms with Crippen molar-refractivity contribution < 1.29 is 31.2 Å². The van der Waals surface area contributed by atoms with Crippen molar-refractivity contribution in [3.8, 4) is 0 Å². The molecule has 0 aliphatic carbocycles. The van der Waals surface area contributed by atoms with E-state index >= 15 is 0 Å². The van der Waals surface area contributed by atoms with E-state index in [1.807, 2.05) is 0 Å². The molecule has 0 spiro atoms. The summed E-state index contributed by atoms with van der Waals surface area (Å²) in [6, 6.07) is 17.7. The normalized spacial score (nSPS) is 11.6. The summed E-state index contributed by atoms with van der Waals surface area (Å²) in [6.07, 6.45) is 2.17. The number of carbonyl (C=O) groups excluding carboxylic acids is 2. The van der Waals surface area contributed by atoms with Crippen LogP contribution < -0.4 is 5.32 Å². The summed E-state index contributed by atoms with van der Waals surface area (Å²) in [5.41, 5.74) is 1.60. The number of benzene rings is 3. The zero-order chi connectivity index (χ0) is 24.2. The van der Waals surface area contributed by atoms with Crippen LogP contribution in [0.4, 0.5) is 5.69 Å². The van der Waals surface area contributed by atoms with E-state index in [-0.39, 0.29) is 27.5 Å². The van der Waals surface area contributed by atoms with Gasteiger partial charge in [0.05, 0.1) is 15.4 Å². The third kappa shape index (κ3) is 6.50. The van der Waals surface area contributed by atoms with E-state index in [1.54, 1.807) is 24.3 Å². The van der Waals surface area contributed by atoms with E-state index in [0.29, 0.717) is 11.3 Å². The summed E-state index contributed by atoms with van der Waals surface area (Å²) < 4.78 is 51.4. The Hall–Kier alpha value is -3.50. The van der Waals surface area contributed by atoms with Crippen molar-refractivity contribution in [2.75, 3.05) is 17.8 Å². The Labute approximate surface area is 192 Å². The van der Waals surface area contributed by atoms with Gasteiger partial charge in [0.15, 0.2) is 19.7 Å². The zero-order valence-corrected chi connectivity index (χ0v) is 19.4. The van der Waals surface area contributed by atoms with Crippen LogP contribution in [0.25, 0.3) is 0 Å². The second-order valence-corrected chi connectivity index (χ2v) is 11.4. The van der Waals surface area contributed by atoms with Gasteiger partial charge >= 0.3 is 5.97 Å². The average Bonchev–Trinajstić information content (AvgIpc) is 2.76. The first-order valence-corrected chi connectivity index (χ1v) is 13.4. The Kier molecular flexibility index (Phi) is 6.99. The molecule has 3 aromatic carbocycles. The number of nitrogens with one attached hydrogen (secondary N) is 1. The molecule has 8 nitrogen and oxygen atoms in total. The van der Waals surface area contributed by atoms with Crippen molar-refractivity contribution in [3.63, 3.8) is 0 Å². The minimum atomic E-state index is -3.36. The third-order valence-electron chi connectivity index (χ3n) is 4.62. The van der Waals surface area contributed by atoms with Gasteiger partial charge in [-0.3, -0.25) is 4.79 Å². The lowest BCUT2D eigenvalue weighted by Crippen LogP contribution is -2.12. The quantitative estimate of drug-likeness (QED) is 0.508. The van der Waals surface area contributed by atoms with Crippen LogP contribution in [0.1, 0.15) is 26.3 Å². The van der Waals surface area contributed by atoms with E-state index in [2.05, 4.69) is 5.32 Å². The van der Waals surface area contributed by atoms with E-state index in [1.165, 1.54) is 48.5 Å². The SMILES string of the molecule is CS(=O)(=O)c1ccc(C(=O)Nc2cccc(COC(=O)c3ccc(S(C)(=O)=O)cc3)c2)cc1. The molecule has 0 heterocycles. The molecule has 0 aliphatic rings. The molecule has 33 heavy (non-hydrogen) atoms. The van der Waals surface area contributed by atoms with Gasteiger partial charge in [0.1, 0.15) is 6.61 Å². The van der Waals surface area contributed by atoms with E-state index in [9.17, 15) is 26.4 Å².